The largest absolute Gasteiger partial charge is 0.307 e. The number of H-pyrrole nitrogens is 1. The molecule has 13 heavy (non-hydrogen) atoms. The van der Waals surface area contributed by atoms with E-state index in [2.05, 4.69) is 36.3 Å². The molecule has 0 unspecified atom stereocenters. The predicted molar refractivity (Wildman–Crippen MR) is 52.5 cm³/mol. The van der Waals surface area contributed by atoms with Crippen molar-refractivity contribution in [2.45, 2.75) is 45.7 Å². The smallest absolute Gasteiger partial charge is 0.0638 e. The molecule has 0 amide bonds. The number of aromatic amines is 1. The van der Waals surface area contributed by atoms with E-state index in [1.54, 1.807) is 0 Å². The highest BCUT2D eigenvalue weighted by molar-refractivity contribution is 5.23. The van der Waals surface area contributed by atoms with Crippen LogP contribution in [0.4, 0.5) is 0 Å². The summed E-state index contributed by atoms with van der Waals surface area (Å²) in [6, 6.07) is 0. The maximum atomic E-state index is 4.17. The average molecular weight is 179 g/mol. The van der Waals surface area contributed by atoms with E-state index in [0.29, 0.717) is 5.54 Å². The summed E-state index contributed by atoms with van der Waals surface area (Å²) in [7, 11) is 0. The van der Waals surface area contributed by atoms with Crippen molar-refractivity contribution in [1.29, 1.82) is 0 Å². The lowest BCUT2D eigenvalue weighted by Crippen LogP contribution is -2.27. The molecule has 0 radical (unpaired) electrons. The molecule has 1 fully saturated rings. The Balaban J connectivity index is 2.00. The standard InChI is InChI=1S/C10H17N3/c1-7-9(8(2)13-12-7)6-11-10(3)4-5-10/h11H,4-6H2,1-3H3,(H,12,13). The van der Waals surface area contributed by atoms with Gasteiger partial charge in [-0.25, -0.2) is 0 Å². The third kappa shape index (κ3) is 1.75. The van der Waals surface area contributed by atoms with E-state index in [1.807, 2.05) is 0 Å². The summed E-state index contributed by atoms with van der Waals surface area (Å²) >= 11 is 0. The summed E-state index contributed by atoms with van der Waals surface area (Å²) in [6.07, 6.45) is 2.62. The van der Waals surface area contributed by atoms with Crippen LogP contribution in [0.3, 0.4) is 0 Å². The van der Waals surface area contributed by atoms with E-state index in [0.717, 1.165) is 12.2 Å². The van der Waals surface area contributed by atoms with Crippen LogP contribution in [-0.4, -0.2) is 15.7 Å². The second kappa shape index (κ2) is 2.84. The minimum absolute atomic E-state index is 0.413. The first kappa shape index (κ1) is 8.75. The Hall–Kier alpha value is -0.830. The molecular weight excluding hydrogens is 162 g/mol. The van der Waals surface area contributed by atoms with Crippen LogP contribution in [0.25, 0.3) is 0 Å². The lowest BCUT2D eigenvalue weighted by Gasteiger charge is -2.10. The Bertz CT molecular complexity index is 290. The van der Waals surface area contributed by atoms with Crippen molar-refractivity contribution in [2.75, 3.05) is 0 Å². The molecule has 1 heterocycles. The molecule has 0 aliphatic heterocycles. The van der Waals surface area contributed by atoms with Crippen LogP contribution in [0.15, 0.2) is 0 Å². The summed E-state index contributed by atoms with van der Waals surface area (Å²) < 4.78 is 0. The molecule has 1 saturated carbocycles. The maximum Gasteiger partial charge on any atom is 0.0638 e. The zero-order chi connectivity index (χ0) is 9.47. The van der Waals surface area contributed by atoms with E-state index >= 15 is 0 Å². The molecular formula is C10H17N3. The van der Waals surface area contributed by atoms with E-state index < -0.39 is 0 Å². The van der Waals surface area contributed by atoms with Gasteiger partial charge in [-0.15, -0.1) is 0 Å². The van der Waals surface area contributed by atoms with Crippen molar-refractivity contribution in [2.24, 2.45) is 0 Å². The summed E-state index contributed by atoms with van der Waals surface area (Å²) in [6.45, 7) is 7.35. The third-order valence-electron chi connectivity index (χ3n) is 2.97. The first-order valence-electron chi connectivity index (χ1n) is 4.86. The summed E-state index contributed by atoms with van der Waals surface area (Å²) in [5.41, 5.74) is 4.05. The molecule has 0 atom stereocenters. The molecule has 0 bridgehead atoms. The van der Waals surface area contributed by atoms with Gasteiger partial charge in [-0.05, 0) is 33.6 Å². The molecule has 3 heteroatoms. The average Bonchev–Trinajstić information content (AvgIpc) is 2.72. The van der Waals surface area contributed by atoms with Gasteiger partial charge in [0.25, 0.3) is 0 Å². The first-order valence-corrected chi connectivity index (χ1v) is 4.86. The fourth-order valence-electron chi connectivity index (χ4n) is 1.50. The van der Waals surface area contributed by atoms with Gasteiger partial charge in [-0.3, -0.25) is 5.10 Å². The summed E-state index contributed by atoms with van der Waals surface area (Å²) in [5, 5.41) is 10.7. The molecule has 2 N–H and O–H groups in total. The zero-order valence-corrected chi connectivity index (χ0v) is 8.57. The van der Waals surface area contributed by atoms with Crippen molar-refractivity contribution >= 4 is 0 Å². The topological polar surface area (TPSA) is 40.7 Å². The minimum Gasteiger partial charge on any atom is -0.307 e. The Morgan fingerprint density at radius 1 is 1.46 bits per heavy atom. The molecule has 0 spiro atoms. The monoisotopic (exact) mass is 179 g/mol. The Labute approximate surface area is 78.9 Å². The van der Waals surface area contributed by atoms with Crippen molar-refractivity contribution < 1.29 is 0 Å². The highest BCUT2D eigenvalue weighted by Gasteiger charge is 2.36. The van der Waals surface area contributed by atoms with E-state index in [4.69, 9.17) is 0 Å². The van der Waals surface area contributed by atoms with E-state index in [9.17, 15) is 0 Å². The van der Waals surface area contributed by atoms with Gasteiger partial charge in [0.05, 0.1) is 5.69 Å². The van der Waals surface area contributed by atoms with E-state index in [1.165, 1.54) is 24.1 Å². The molecule has 1 aliphatic carbocycles. The number of nitrogens with zero attached hydrogens (tertiary/aromatic N) is 1. The number of rotatable bonds is 3. The second-order valence-electron chi connectivity index (χ2n) is 4.33. The highest BCUT2D eigenvalue weighted by Crippen LogP contribution is 2.34. The molecule has 1 aromatic heterocycles. The van der Waals surface area contributed by atoms with Crippen LogP contribution < -0.4 is 5.32 Å². The van der Waals surface area contributed by atoms with Crippen molar-refractivity contribution in [3.63, 3.8) is 0 Å². The fraction of sp³-hybridized carbons (Fsp3) is 0.700. The highest BCUT2D eigenvalue weighted by atomic mass is 15.1. The van der Waals surface area contributed by atoms with Crippen LogP contribution in [0.1, 0.15) is 36.7 Å². The zero-order valence-electron chi connectivity index (χ0n) is 8.57. The van der Waals surface area contributed by atoms with Gasteiger partial charge >= 0.3 is 0 Å². The van der Waals surface area contributed by atoms with Gasteiger partial charge < -0.3 is 5.32 Å². The number of hydrogen-bond donors (Lipinski definition) is 2. The quantitative estimate of drug-likeness (QED) is 0.741. The molecule has 0 saturated heterocycles. The first-order chi connectivity index (χ1) is 6.11. The van der Waals surface area contributed by atoms with Crippen molar-refractivity contribution in [1.82, 2.24) is 15.5 Å². The Morgan fingerprint density at radius 2 is 2.15 bits per heavy atom. The minimum atomic E-state index is 0.413. The van der Waals surface area contributed by atoms with Crippen LogP contribution in [0.5, 0.6) is 0 Å². The number of nitrogens with one attached hydrogen (secondary N) is 2. The number of aryl methyl sites for hydroxylation is 2. The Kier molecular flexibility index (Phi) is 1.91. The lowest BCUT2D eigenvalue weighted by molar-refractivity contribution is 0.536. The SMILES string of the molecule is Cc1n[nH]c(C)c1CNC1(C)CC1. The molecule has 2 rings (SSSR count). The second-order valence-corrected chi connectivity index (χ2v) is 4.33. The number of aromatic nitrogens is 2. The maximum absolute atomic E-state index is 4.17. The van der Waals surface area contributed by atoms with Crippen LogP contribution in [0, 0.1) is 13.8 Å². The lowest BCUT2D eigenvalue weighted by atomic mass is 10.2. The fourth-order valence-corrected chi connectivity index (χ4v) is 1.50. The molecule has 0 aromatic carbocycles. The van der Waals surface area contributed by atoms with Crippen LogP contribution in [0.2, 0.25) is 0 Å². The van der Waals surface area contributed by atoms with Crippen molar-refractivity contribution in [3.05, 3.63) is 17.0 Å². The van der Waals surface area contributed by atoms with Gasteiger partial charge in [0.1, 0.15) is 0 Å². The normalized spacial score (nSPS) is 19.0. The summed E-state index contributed by atoms with van der Waals surface area (Å²) in [5.74, 6) is 0. The third-order valence-corrected chi connectivity index (χ3v) is 2.97. The van der Waals surface area contributed by atoms with Gasteiger partial charge in [0.2, 0.25) is 0 Å². The number of hydrogen-bond acceptors (Lipinski definition) is 2. The molecule has 72 valence electrons. The van der Waals surface area contributed by atoms with E-state index in [-0.39, 0.29) is 0 Å². The van der Waals surface area contributed by atoms with Gasteiger partial charge in [0, 0.05) is 23.3 Å². The predicted octanol–water partition coefficient (Wildman–Crippen LogP) is 1.67. The Morgan fingerprint density at radius 3 is 2.62 bits per heavy atom. The van der Waals surface area contributed by atoms with Crippen LogP contribution in [-0.2, 0) is 6.54 Å². The van der Waals surface area contributed by atoms with Gasteiger partial charge in [-0.2, -0.15) is 5.10 Å². The molecule has 1 aromatic rings. The van der Waals surface area contributed by atoms with Crippen LogP contribution >= 0.6 is 0 Å². The van der Waals surface area contributed by atoms with Crippen molar-refractivity contribution in [3.8, 4) is 0 Å². The molecule has 1 aliphatic rings. The van der Waals surface area contributed by atoms with Gasteiger partial charge in [-0.1, -0.05) is 0 Å². The molecule has 3 nitrogen and oxygen atoms in total. The van der Waals surface area contributed by atoms with Gasteiger partial charge in [0.15, 0.2) is 0 Å². The summed E-state index contributed by atoms with van der Waals surface area (Å²) in [4.78, 5) is 0.